The fourth-order valence-corrected chi connectivity index (χ4v) is 2.34. The normalized spacial score (nSPS) is 10.3. The number of carboxylic acids is 1. The second-order valence-electron chi connectivity index (χ2n) is 5.26. The number of nitrogens with zero attached hydrogens (tertiary/aromatic N) is 3. The Kier molecular flexibility index (Phi) is 4.48. The minimum atomic E-state index is -1.36. The maximum absolute atomic E-state index is 12.8. The number of nitro benzene ring substituents is 1. The molecule has 0 aliphatic carbocycles. The van der Waals surface area contributed by atoms with Crippen molar-refractivity contribution in [2.75, 3.05) is 0 Å². The van der Waals surface area contributed by atoms with Crippen molar-refractivity contribution in [3.8, 4) is 11.4 Å². The monoisotopic (exact) mass is 349 g/mol. The average molecular weight is 349 g/mol. The standard InChI is InChI=1S/C18H11N3O5/c22-16(12-7-4-8-13(9-12)21(25)26)15-14(18(23)24)10-19-17(20-15)11-5-2-1-3-6-11/h1-10H,(H,23,24). The van der Waals surface area contributed by atoms with E-state index in [0.29, 0.717) is 5.56 Å². The van der Waals surface area contributed by atoms with E-state index in [1.807, 2.05) is 0 Å². The highest BCUT2D eigenvalue weighted by molar-refractivity contribution is 6.13. The van der Waals surface area contributed by atoms with E-state index < -0.39 is 16.7 Å². The van der Waals surface area contributed by atoms with E-state index in [-0.39, 0.29) is 28.3 Å². The van der Waals surface area contributed by atoms with Crippen LogP contribution in [0.4, 0.5) is 5.69 Å². The minimum absolute atomic E-state index is 0.0283. The molecule has 1 heterocycles. The third-order valence-corrected chi connectivity index (χ3v) is 3.59. The molecule has 0 amide bonds. The van der Waals surface area contributed by atoms with E-state index in [1.54, 1.807) is 30.3 Å². The number of benzene rings is 2. The SMILES string of the molecule is O=C(O)c1cnc(-c2ccccc2)nc1C(=O)c1cccc([N+](=O)[O-])c1. The van der Waals surface area contributed by atoms with Crippen molar-refractivity contribution in [2.45, 2.75) is 0 Å². The molecule has 0 radical (unpaired) electrons. The maximum atomic E-state index is 12.8. The first-order valence-corrected chi connectivity index (χ1v) is 7.42. The van der Waals surface area contributed by atoms with Crippen LogP contribution in [0.3, 0.4) is 0 Å². The van der Waals surface area contributed by atoms with Crippen molar-refractivity contribution < 1.29 is 19.6 Å². The van der Waals surface area contributed by atoms with E-state index in [0.717, 1.165) is 12.3 Å². The van der Waals surface area contributed by atoms with Crippen molar-refractivity contribution in [3.05, 3.63) is 87.7 Å². The van der Waals surface area contributed by atoms with Crippen LogP contribution in [0, 0.1) is 10.1 Å². The van der Waals surface area contributed by atoms with Gasteiger partial charge in [-0.2, -0.15) is 0 Å². The molecule has 3 rings (SSSR count). The van der Waals surface area contributed by atoms with Gasteiger partial charge in [0.05, 0.1) is 4.92 Å². The van der Waals surface area contributed by atoms with Crippen LogP contribution in [-0.2, 0) is 0 Å². The van der Waals surface area contributed by atoms with E-state index >= 15 is 0 Å². The number of ketones is 1. The third kappa shape index (κ3) is 3.29. The van der Waals surface area contributed by atoms with Crippen LogP contribution in [0.15, 0.2) is 60.8 Å². The number of non-ortho nitro benzene ring substituents is 1. The van der Waals surface area contributed by atoms with Gasteiger partial charge in [-0.15, -0.1) is 0 Å². The molecule has 3 aromatic rings. The first-order chi connectivity index (χ1) is 12.5. The summed E-state index contributed by atoms with van der Waals surface area (Å²) < 4.78 is 0. The molecule has 0 bridgehead atoms. The molecule has 0 unspecified atom stereocenters. The molecule has 0 saturated carbocycles. The number of carbonyl (C=O) groups excluding carboxylic acids is 1. The van der Waals surface area contributed by atoms with E-state index in [2.05, 4.69) is 9.97 Å². The fourth-order valence-electron chi connectivity index (χ4n) is 2.34. The molecule has 128 valence electrons. The molecule has 1 N–H and O–H groups in total. The molecule has 1 aromatic heterocycles. The van der Waals surface area contributed by atoms with Crippen LogP contribution in [0.2, 0.25) is 0 Å². The molecule has 0 saturated heterocycles. The predicted octanol–water partition coefficient (Wildman–Crippen LogP) is 2.98. The molecule has 2 aromatic carbocycles. The van der Waals surface area contributed by atoms with E-state index in [1.165, 1.54) is 18.2 Å². The lowest BCUT2D eigenvalue weighted by Gasteiger charge is -2.07. The summed E-state index contributed by atoms with van der Waals surface area (Å²) in [5.74, 6) is -1.91. The van der Waals surface area contributed by atoms with Gasteiger partial charge in [-0.1, -0.05) is 42.5 Å². The fraction of sp³-hybridized carbons (Fsp3) is 0. The molecule has 8 nitrogen and oxygen atoms in total. The highest BCUT2D eigenvalue weighted by Crippen LogP contribution is 2.20. The number of carboxylic acid groups (broad SMARTS) is 1. The second kappa shape index (κ2) is 6.89. The summed E-state index contributed by atoms with van der Waals surface area (Å²) in [4.78, 5) is 42.6. The van der Waals surface area contributed by atoms with Gasteiger partial charge in [0.25, 0.3) is 5.69 Å². The number of aromatic nitrogens is 2. The zero-order chi connectivity index (χ0) is 18.7. The van der Waals surface area contributed by atoms with Crippen molar-refractivity contribution in [3.63, 3.8) is 0 Å². The van der Waals surface area contributed by atoms with Gasteiger partial charge in [-0.3, -0.25) is 14.9 Å². The van der Waals surface area contributed by atoms with Crippen LogP contribution in [0.5, 0.6) is 0 Å². The predicted molar refractivity (Wildman–Crippen MR) is 91.0 cm³/mol. The molecule has 26 heavy (non-hydrogen) atoms. The Labute approximate surface area is 146 Å². The van der Waals surface area contributed by atoms with Crippen LogP contribution in [-0.4, -0.2) is 31.8 Å². The average Bonchev–Trinajstić information content (AvgIpc) is 2.67. The second-order valence-corrected chi connectivity index (χ2v) is 5.26. The lowest BCUT2D eigenvalue weighted by atomic mass is 10.0. The quantitative estimate of drug-likeness (QED) is 0.426. The molecule has 0 atom stereocenters. The Bertz CT molecular complexity index is 1020. The number of hydrogen-bond acceptors (Lipinski definition) is 6. The van der Waals surface area contributed by atoms with Crippen LogP contribution in [0.1, 0.15) is 26.4 Å². The third-order valence-electron chi connectivity index (χ3n) is 3.59. The number of nitro groups is 1. The van der Waals surface area contributed by atoms with Gasteiger partial charge in [-0.25, -0.2) is 14.8 Å². The molecule has 0 spiro atoms. The summed E-state index contributed by atoms with van der Waals surface area (Å²) in [6.07, 6.45) is 1.06. The highest BCUT2D eigenvalue weighted by Gasteiger charge is 2.23. The Morgan fingerprint density at radius 1 is 1.04 bits per heavy atom. The van der Waals surface area contributed by atoms with Crippen molar-refractivity contribution in [1.29, 1.82) is 0 Å². The first kappa shape index (κ1) is 16.9. The number of aromatic carboxylic acids is 1. The number of hydrogen-bond donors (Lipinski definition) is 1. The van der Waals surface area contributed by atoms with Gasteiger partial charge >= 0.3 is 5.97 Å². The molecule has 0 fully saturated rings. The summed E-state index contributed by atoms with van der Waals surface area (Å²) in [5, 5.41) is 20.2. The van der Waals surface area contributed by atoms with Gasteiger partial charge in [0.15, 0.2) is 5.82 Å². The summed E-state index contributed by atoms with van der Waals surface area (Å²) in [5.41, 5.74) is -0.393. The molecule has 0 aliphatic rings. The van der Waals surface area contributed by atoms with Gasteiger partial charge in [-0.05, 0) is 0 Å². The Hall–Kier alpha value is -3.94. The number of carbonyl (C=O) groups is 2. The summed E-state index contributed by atoms with van der Waals surface area (Å²) >= 11 is 0. The van der Waals surface area contributed by atoms with Gasteiger partial charge < -0.3 is 5.11 Å². The summed E-state index contributed by atoms with van der Waals surface area (Å²) in [6, 6.07) is 13.8. The maximum Gasteiger partial charge on any atom is 0.339 e. The Balaban J connectivity index is 2.12. The summed E-state index contributed by atoms with van der Waals surface area (Å²) in [7, 11) is 0. The zero-order valence-corrected chi connectivity index (χ0v) is 13.2. The van der Waals surface area contributed by atoms with Crippen LogP contribution < -0.4 is 0 Å². The van der Waals surface area contributed by atoms with Crippen molar-refractivity contribution in [1.82, 2.24) is 9.97 Å². The summed E-state index contributed by atoms with van der Waals surface area (Å²) in [6.45, 7) is 0. The first-order valence-electron chi connectivity index (χ1n) is 7.42. The lowest BCUT2D eigenvalue weighted by molar-refractivity contribution is -0.384. The van der Waals surface area contributed by atoms with Crippen LogP contribution >= 0.6 is 0 Å². The van der Waals surface area contributed by atoms with Gasteiger partial charge in [0, 0.05) is 29.5 Å². The zero-order valence-electron chi connectivity index (χ0n) is 13.2. The van der Waals surface area contributed by atoms with Crippen LogP contribution in [0.25, 0.3) is 11.4 Å². The van der Waals surface area contributed by atoms with Gasteiger partial charge in [0.2, 0.25) is 5.78 Å². The van der Waals surface area contributed by atoms with Crippen molar-refractivity contribution >= 4 is 17.4 Å². The number of rotatable bonds is 5. The largest absolute Gasteiger partial charge is 0.478 e. The molecule has 0 aliphatic heterocycles. The van der Waals surface area contributed by atoms with Crippen molar-refractivity contribution in [2.24, 2.45) is 0 Å². The minimum Gasteiger partial charge on any atom is -0.478 e. The van der Waals surface area contributed by atoms with Gasteiger partial charge in [0.1, 0.15) is 11.3 Å². The molecular formula is C18H11N3O5. The smallest absolute Gasteiger partial charge is 0.339 e. The topological polar surface area (TPSA) is 123 Å². The molecule has 8 heteroatoms. The molecular weight excluding hydrogens is 338 g/mol. The Morgan fingerprint density at radius 2 is 1.77 bits per heavy atom. The van der Waals surface area contributed by atoms with E-state index in [4.69, 9.17) is 0 Å². The highest BCUT2D eigenvalue weighted by atomic mass is 16.6. The lowest BCUT2D eigenvalue weighted by Crippen LogP contribution is -2.14. The van der Waals surface area contributed by atoms with E-state index in [9.17, 15) is 24.8 Å². The Morgan fingerprint density at radius 3 is 2.42 bits per heavy atom.